The van der Waals surface area contributed by atoms with Crippen molar-refractivity contribution in [2.24, 2.45) is 5.92 Å². The third-order valence-corrected chi connectivity index (χ3v) is 5.31. The van der Waals surface area contributed by atoms with Crippen molar-refractivity contribution in [3.63, 3.8) is 0 Å². The van der Waals surface area contributed by atoms with E-state index in [2.05, 4.69) is 5.32 Å². The Morgan fingerprint density at radius 1 is 1.21 bits per heavy atom. The molecule has 0 aliphatic carbocycles. The second-order valence-corrected chi connectivity index (χ2v) is 7.51. The van der Waals surface area contributed by atoms with Gasteiger partial charge in [0, 0.05) is 18.8 Å². The predicted molar refractivity (Wildman–Crippen MR) is 107 cm³/mol. The zero-order valence-electron chi connectivity index (χ0n) is 17.3. The number of nitrogens with zero attached hydrogens (tertiary/aromatic N) is 1. The highest BCUT2D eigenvalue weighted by atomic mass is 16.5. The van der Waals surface area contributed by atoms with E-state index in [-0.39, 0.29) is 36.3 Å². The van der Waals surface area contributed by atoms with Gasteiger partial charge in [0.1, 0.15) is 0 Å². The van der Waals surface area contributed by atoms with Gasteiger partial charge in [-0.15, -0.1) is 0 Å². The molecule has 7 heteroatoms. The van der Waals surface area contributed by atoms with Crippen LogP contribution in [0.1, 0.15) is 32.3 Å². The first-order valence-corrected chi connectivity index (χ1v) is 9.96. The van der Waals surface area contributed by atoms with Crippen molar-refractivity contribution < 1.29 is 24.0 Å². The number of benzene rings is 1. The topological polar surface area (TPSA) is 80.2 Å². The van der Waals surface area contributed by atoms with Gasteiger partial charge in [-0.2, -0.15) is 0 Å². The van der Waals surface area contributed by atoms with Gasteiger partial charge in [0.05, 0.1) is 19.6 Å². The maximum atomic E-state index is 12.8. The molecular formula is C21H32N3O4+. The van der Waals surface area contributed by atoms with Gasteiger partial charge < -0.3 is 19.9 Å². The molecule has 0 aromatic heterocycles. The number of ether oxygens (including phenoxy) is 1. The molecule has 7 nitrogen and oxygen atoms in total. The number of carbonyl (C=O) groups is 3. The zero-order valence-corrected chi connectivity index (χ0v) is 17.3. The summed E-state index contributed by atoms with van der Waals surface area (Å²) in [7, 11) is 1.85. The summed E-state index contributed by atoms with van der Waals surface area (Å²) in [5.41, 5.74) is 1.88. The smallest absolute Gasteiger partial charge is 0.309 e. The lowest BCUT2D eigenvalue weighted by molar-refractivity contribution is -0.886. The summed E-state index contributed by atoms with van der Waals surface area (Å²) in [5.74, 6) is -0.396. The lowest BCUT2D eigenvalue weighted by Gasteiger charge is -2.33. The van der Waals surface area contributed by atoms with E-state index in [1.807, 2.05) is 45.2 Å². The van der Waals surface area contributed by atoms with E-state index in [1.54, 1.807) is 11.8 Å². The number of amides is 2. The van der Waals surface area contributed by atoms with Gasteiger partial charge in [0.2, 0.25) is 0 Å². The highest BCUT2D eigenvalue weighted by molar-refractivity contribution is 5.91. The quantitative estimate of drug-likeness (QED) is 0.670. The van der Waals surface area contributed by atoms with Crippen molar-refractivity contribution in [2.75, 3.05) is 38.6 Å². The molecule has 0 bridgehead atoms. The molecule has 2 amide bonds. The fraction of sp³-hybridized carbons (Fsp3) is 0.571. The molecule has 154 valence electrons. The van der Waals surface area contributed by atoms with Crippen LogP contribution in [0.2, 0.25) is 0 Å². The van der Waals surface area contributed by atoms with E-state index < -0.39 is 0 Å². The molecule has 0 radical (unpaired) electrons. The molecule has 2 atom stereocenters. The van der Waals surface area contributed by atoms with Crippen molar-refractivity contribution in [3.05, 3.63) is 29.8 Å². The van der Waals surface area contributed by atoms with Crippen molar-refractivity contribution in [3.8, 4) is 0 Å². The standard InChI is InChI=1S/C21H31N3O4/c1-5-28-21(27)17-10-12-24(13-11-17)20(26)16(3)23(4)14-19(25)22-18-8-6-15(2)7-9-18/h6-9,16-17H,5,10-14H2,1-4H3,(H,22,25)/p+1/t16-/m0/s1. The van der Waals surface area contributed by atoms with Crippen LogP contribution < -0.4 is 10.2 Å². The molecule has 28 heavy (non-hydrogen) atoms. The van der Waals surface area contributed by atoms with E-state index in [1.165, 1.54) is 0 Å². The van der Waals surface area contributed by atoms with Crippen LogP contribution in [0.5, 0.6) is 0 Å². The SMILES string of the molecule is CCOC(=O)C1CCN(C(=O)[C@H](C)[NH+](C)CC(=O)Nc2ccc(C)cc2)CC1. The van der Waals surface area contributed by atoms with Gasteiger partial charge in [-0.3, -0.25) is 14.4 Å². The molecule has 1 unspecified atom stereocenters. The Morgan fingerprint density at radius 3 is 2.39 bits per heavy atom. The van der Waals surface area contributed by atoms with Gasteiger partial charge in [-0.25, -0.2) is 0 Å². The lowest BCUT2D eigenvalue weighted by Crippen LogP contribution is -3.15. The zero-order chi connectivity index (χ0) is 20.7. The van der Waals surface area contributed by atoms with E-state index in [9.17, 15) is 14.4 Å². The van der Waals surface area contributed by atoms with Gasteiger partial charge >= 0.3 is 5.97 Å². The molecule has 1 aliphatic rings. The summed E-state index contributed by atoms with van der Waals surface area (Å²) in [6.07, 6.45) is 1.26. The fourth-order valence-electron chi connectivity index (χ4n) is 3.33. The first-order chi connectivity index (χ1) is 13.3. The number of hydrogen-bond acceptors (Lipinski definition) is 4. The molecule has 2 N–H and O–H groups in total. The van der Waals surface area contributed by atoms with Crippen molar-refractivity contribution >= 4 is 23.5 Å². The highest BCUT2D eigenvalue weighted by Gasteiger charge is 2.33. The van der Waals surface area contributed by atoms with E-state index in [0.717, 1.165) is 16.2 Å². The fourth-order valence-corrected chi connectivity index (χ4v) is 3.33. The minimum absolute atomic E-state index is 0.0166. The average Bonchev–Trinajstić information content (AvgIpc) is 2.68. The number of likely N-dealkylation sites (N-methyl/N-ethyl adjacent to an activating group) is 1. The Kier molecular flexibility index (Phi) is 7.99. The summed E-state index contributed by atoms with van der Waals surface area (Å²) >= 11 is 0. The second-order valence-electron chi connectivity index (χ2n) is 7.51. The van der Waals surface area contributed by atoms with Crippen LogP contribution in [0.25, 0.3) is 0 Å². The largest absolute Gasteiger partial charge is 0.466 e. The highest BCUT2D eigenvalue weighted by Crippen LogP contribution is 2.19. The summed E-state index contributed by atoms with van der Waals surface area (Å²) in [6.45, 7) is 7.32. The first-order valence-electron chi connectivity index (χ1n) is 9.96. The molecule has 0 spiro atoms. The number of quaternary nitrogens is 1. The van der Waals surface area contributed by atoms with Crippen LogP contribution in [0.4, 0.5) is 5.69 Å². The average molecular weight is 391 g/mol. The molecular weight excluding hydrogens is 358 g/mol. The molecule has 1 heterocycles. The molecule has 1 aliphatic heterocycles. The number of piperidine rings is 1. The molecule has 1 saturated heterocycles. The predicted octanol–water partition coefficient (Wildman–Crippen LogP) is 0.638. The van der Waals surface area contributed by atoms with Crippen molar-refractivity contribution in [1.29, 1.82) is 0 Å². The van der Waals surface area contributed by atoms with Gasteiger partial charge in [0.15, 0.2) is 12.6 Å². The maximum Gasteiger partial charge on any atom is 0.309 e. The van der Waals surface area contributed by atoms with Crippen LogP contribution in [0, 0.1) is 12.8 Å². The van der Waals surface area contributed by atoms with E-state index in [0.29, 0.717) is 32.5 Å². The number of anilines is 1. The van der Waals surface area contributed by atoms with Crippen LogP contribution >= 0.6 is 0 Å². The third-order valence-electron chi connectivity index (χ3n) is 5.31. The Hall–Kier alpha value is -2.41. The number of rotatable bonds is 7. The minimum atomic E-state index is -0.331. The number of likely N-dealkylation sites (tertiary alicyclic amines) is 1. The number of nitrogens with one attached hydrogen (secondary N) is 2. The number of aryl methyl sites for hydroxylation is 1. The summed E-state index contributed by atoms with van der Waals surface area (Å²) in [6, 6.07) is 7.29. The van der Waals surface area contributed by atoms with Crippen LogP contribution in [0.3, 0.4) is 0 Å². The van der Waals surface area contributed by atoms with Gasteiger partial charge in [-0.1, -0.05) is 17.7 Å². The summed E-state index contributed by atoms with van der Waals surface area (Å²) in [4.78, 5) is 39.5. The Labute approximate surface area is 167 Å². The molecule has 1 aromatic rings. The van der Waals surface area contributed by atoms with Crippen LogP contribution in [-0.2, 0) is 19.1 Å². The number of hydrogen-bond donors (Lipinski definition) is 2. The molecule has 0 saturated carbocycles. The van der Waals surface area contributed by atoms with Crippen molar-refractivity contribution in [2.45, 2.75) is 39.7 Å². The Balaban J connectivity index is 1.81. The van der Waals surface area contributed by atoms with Crippen LogP contribution in [-0.4, -0.2) is 62.0 Å². The molecule has 2 rings (SSSR count). The minimum Gasteiger partial charge on any atom is -0.466 e. The lowest BCUT2D eigenvalue weighted by atomic mass is 9.96. The number of carbonyl (C=O) groups excluding carboxylic acids is 3. The van der Waals surface area contributed by atoms with Gasteiger partial charge in [0.25, 0.3) is 11.8 Å². The molecule has 1 aromatic carbocycles. The van der Waals surface area contributed by atoms with E-state index >= 15 is 0 Å². The van der Waals surface area contributed by atoms with Crippen LogP contribution in [0.15, 0.2) is 24.3 Å². The number of esters is 1. The monoisotopic (exact) mass is 390 g/mol. The third kappa shape index (κ3) is 6.05. The Morgan fingerprint density at radius 2 is 1.82 bits per heavy atom. The maximum absolute atomic E-state index is 12.8. The first kappa shape index (κ1) is 21.9. The Bertz CT molecular complexity index is 681. The normalized spacial score (nSPS) is 16.9. The van der Waals surface area contributed by atoms with Gasteiger partial charge in [-0.05, 0) is 45.7 Å². The van der Waals surface area contributed by atoms with Crippen molar-refractivity contribution in [1.82, 2.24) is 4.90 Å². The van der Waals surface area contributed by atoms with E-state index in [4.69, 9.17) is 4.74 Å². The summed E-state index contributed by atoms with van der Waals surface area (Å²) < 4.78 is 5.07. The second kappa shape index (κ2) is 10.2. The summed E-state index contributed by atoms with van der Waals surface area (Å²) in [5, 5.41) is 2.87. The molecule has 1 fully saturated rings.